The largest absolute Gasteiger partial charge is 0.359 e. The second kappa shape index (κ2) is 7.19. The fourth-order valence-electron chi connectivity index (χ4n) is 1.22. The van der Waals surface area contributed by atoms with Crippen LogP contribution in [0.15, 0.2) is 30.3 Å². The van der Waals surface area contributed by atoms with E-state index in [4.69, 9.17) is 0 Å². The van der Waals surface area contributed by atoms with E-state index in [-0.39, 0.29) is 0 Å². The molecule has 0 aliphatic rings. The third kappa shape index (κ3) is 3.25. The molecule has 1 aromatic carbocycles. The Kier molecular flexibility index (Phi) is 6.55. The van der Waals surface area contributed by atoms with Gasteiger partial charge in [-0.1, -0.05) is 45.9 Å². The third-order valence-corrected chi connectivity index (χ3v) is 1.66. The summed E-state index contributed by atoms with van der Waals surface area (Å²) in [6, 6.07) is 10.4. The molecule has 14 heavy (non-hydrogen) atoms. The van der Waals surface area contributed by atoms with Crippen molar-refractivity contribution in [3.8, 4) is 0 Å². The lowest BCUT2D eigenvalue weighted by molar-refractivity contribution is 1.30. The molecule has 0 unspecified atom stereocenters. The van der Waals surface area contributed by atoms with Crippen LogP contribution in [0.2, 0.25) is 0 Å². The SMILES string of the molecule is CC.CC.Cc1cc2ccccc2[nH]1. The van der Waals surface area contributed by atoms with Gasteiger partial charge in [-0.15, -0.1) is 0 Å². The zero-order valence-electron chi connectivity index (χ0n) is 9.89. The normalized spacial score (nSPS) is 8.36. The molecule has 0 aliphatic carbocycles. The van der Waals surface area contributed by atoms with Crippen LogP contribution < -0.4 is 0 Å². The maximum atomic E-state index is 3.26. The predicted octanol–water partition coefficient (Wildman–Crippen LogP) is 4.53. The first-order valence-electron chi connectivity index (χ1n) is 5.40. The average molecular weight is 191 g/mol. The minimum atomic E-state index is 1.22. The van der Waals surface area contributed by atoms with Gasteiger partial charge < -0.3 is 4.98 Å². The molecule has 0 spiro atoms. The van der Waals surface area contributed by atoms with Gasteiger partial charge in [0.05, 0.1) is 0 Å². The average Bonchev–Trinajstić information content (AvgIpc) is 2.64. The van der Waals surface area contributed by atoms with Crippen LogP contribution in [0.3, 0.4) is 0 Å². The molecule has 2 rings (SSSR count). The molecule has 2 aromatic rings. The lowest BCUT2D eigenvalue weighted by Gasteiger charge is -1.83. The first-order valence-corrected chi connectivity index (χ1v) is 5.40. The molecule has 0 fully saturated rings. The zero-order valence-corrected chi connectivity index (χ0v) is 9.89. The van der Waals surface area contributed by atoms with Crippen LogP contribution in [0.1, 0.15) is 33.4 Å². The number of aromatic nitrogens is 1. The Balaban J connectivity index is 0.000000379. The van der Waals surface area contributed by atoms with Gasteiger partial charge in [-0.25, -0.2) is 0 Å². The second-order valence-electron chi connectivity index (χ2n) is 2.54. The number of fused-ring (bicyclic) bond motifs is 1. The van der Waals surface area contributed by atoms with Crippen molar-refractivity contribution >= 4 is 10.9 Å². The molecule has 1 nitrogen and oxygen atoms in total. The van der Waals surface area contributed by atoms with Crippen molar-refractivity contribution in [1.29, 1.82) is 0 Å². The first-order chi connectivity index (χ1) is 6.86. The maximum Gasteiger partial charge on any atom is 0.0455 e. The number of hydrogen-bond donors (Lipinski definition) is 1. The molecule has 0 radical (unpaired) electrons. The number of H-pyrrole nitrogens is 1. The van der Waals surface area contributed by atoms with Crippen LogP contribution in [-0.4, -0.2) is 4.98 Å². The van der Waals surface area contributed by atoms with Crippen molar-refractivity contribution in [1.82, 2.24) is 4.98 Å². The summed E-state index contributed by atoms with van der Waals surface area (Å²) in [6.45, 7) is 10.1. The van der Waals surface area contributed by atoms with Crippen LogP contribution in [0.25, 0.3) is 10.9 Å². The molecule has 0 amide bonds. The Morgan fingerprint density at radius 3 is 2.07 bits per heavy atom. The van der Waals surface area contributed by atoms with Gasteiger partial charge in [-0.2, -0.15) is 0 Å². The van der Waals surface area contributed by atoms with Crippen molar-refractivity contribution in [2.45, 2.75) is 34.6 Å². The van der Waals surface area contributed by atoms with E-state index >= 15 is 0 Å². The molecule has 0 saturated carbocycles. The van der Waals surface area contributed by atoms with Crippen LogP contribution in [-0.2, 0) is 0 Å². The minimum Gasteiger partial charge on any atom is -0.359 e. The van der Waals surface area contributed by atoms with Gasteiger partial charge in [-0.05, 0) is 24.4 Å². The Bertz CT molecular complexity index is 314. The monoisotopic (exact) mass is 191 g/mol. The minimum absolute atomic E-state index is 1.22. The summed E-state index contributed by atoms with van der Waals surface area (Å²) in [5.74, 6) is 0. The van der Waals surface area contributed by atoms with E-state index in [9.17, 15) is 0 Å². The molecular formula is C13H21N. The van der Waals surface area contributed by atoms with Gasteiger partial charge in [0.2, 0.25) is 0 Å². The van der Waals surface area contributed by atoms with Gasteiger partial charge in [-0.3, -0.25) is 0 Å². The van der Waals surface area contributed by atoms with Crippen molar-refractivity contribution in [3.63, 3.8) is 0 Å². The van der Waals surface area contributed by atoms with Gasteiger partial charge in [0.25, 0.3) is 0 Å². The Labute approximate surface area is 87.2 Å². The summed E-state index contributed by atoms with van der Waals surface area (Å²) in [5, 5.41) is 1.29. The second-order valence-corrected chi connectivity index (χ2v) is 2.54. The molecule has 1 N–H and O–H groups in total. The fraction of sp³-hybridized carbons (Fsp3) is 0.385. The molecular weight excluding hydrogens is 170 g/mol. The molecule has 1 aromatic heterocycles. The number of nitrogens with one attached hydrogen (secondary N) is 1. The van der Waals surface area contributed by atoms with Gasteiger partial charge in [0, 0.05) is 11.2 Å². The summed E-state index contributed by atoms with van der Waals surface area (Å²) in [7, 11) is 0. The van der Waals surface area contributed by atoms with E-state index in [0.717, 1.165) is 0 Å². The smallest absolute Gasteiger partial charge is 0.0455 e. The van der Waals surface area contributed by atoms with Crippen molar-refractivity contribution < 1.29 is 0 Å². The van der Waals surface area contributed by atoms with Crippen LogP contribution >= 0.6 is 0 Å². The molecule has 0 aliphatic heterocycles. The van der Waals surface area contributed by atoms with Crippen LogP contribution in [0.5, 0.6) is 0 Å². The summed E-state index contributed by atoms with van der Waals surface area (Å²) < 4.78 is 0. The van der Waals surface area contributed by atoms with Gasteiger partial charge in [0.15, 0.2) is 0 Å². The van der Waals surface area contributed by atoms with Crippen molar-refractivity contribution in [2.75, 3.05) is 0 Å². The fourth-order valence-corrected chi connectivity index (χ4v) is 1.22. The van der Waals surface area contributed by atoms with E-state index in [1.54, 1.807) is 0 Å². The van der Waals surface area contributed by atoms with E-state index in [1.807, 2.05) is 33.8 Å². The number of rotatable bonds is 0. The summed E-state index contributed by atoms with van der Waals surface area (Å²) in [5.41, 5.74) is 2.45. The van der Waals surface area contributed by atoms with Crippen molar-refractivity contribution in [3.05, 3.63) is 36.0 Å². The highest BCUT2D eigenvalue weighted by Gasteiger charge is 1.92. The Morgan fingerprint density at radius 1 is 0.929 bits per heavy atom. The lowest BCUT2D eigenvalue weighted by Crippen LogP contribution is -1.65. The van der Waals surface area contributed by atoms with E-state index in [1.165, 1.54) is 16.6 Å². The highest BCUT2D eigenvalue weighted by Crippen LogP contribution is 2.12. The van der Waals surface area contributed by atoms with Crippen LogP contribution in [0, 0.1) is 6.92 Å². The Morgan fingerprint density at radius 2 is 1.50 bits per heavy atom. The molecule has 0 bridgehead atoms. The summed E-state index contributed by atoms with van der Waals surface area (Å²) in [6.07, 6.45) is 0. The predicted molar refractivity (Wildman–Crippen MR) is 65.7 cm³/mol. The topological polar surface area (TPSA) is 15.8 Å². The molecule has 0 saturated heterocycles. The lowest BCUT2D eigenvalue weighted by atomic mass is 10.2. The number of hydrogen-bond acceptors (Lipinski definition) is 0. The number of aryl methyl sites for hydroxylation is 1. The first kappa shape index (κ1) is 12.8. The van der Waals surface area contributed by atoms with Gasteiger partial charge >= 0.3 is 0 Å². The van der Waals surface area contributed by atoms with Gasteiger partial charge in [0.1, 0.15) is 0 Å². The highest BCUT2D eigenvalue weighted by atomic mass is 14.7. The van der Waals surface area contributed by atoms with E-state index < -0.39 is 0 Å². The zero-order chi connectivity index (χ0) is 11.0. The molecule has 1 heteroatoms. The number of para-hydroxylation sites is 1. The van der Waals surface area contributed by atoms with Crippen LogP contribution in [0.4, 0.5) is 0 Å². The Hall–Kier alpha value is -1.24. The summed E-state index contributed by atoms with van der Waals surface area (Å²) in [4.78, 5) is 3.26. The summed E-state index contributed by atoms with van der Waals surface area (Å²) >= 11 is 0. The molecule has 0 atom stereocenters. The third-order valence-electron chi connectivity index (χ3n) is 1.66. The van der Waals surface area contributed by atoms with E-state index in [0.29, 0.717) is 0 Å². The highest BCUT2D eigenvalue weighted by molar-refractivity contribution is 5.79. The maximum absolute atomic E-state index is 3.26. The molecule has 1 heterocycles. The van der Waals surface area contributed by atoms with E-state index in [2.05, 4.69) is 36.2 Å². The van der Waals surface area contributed by atoms with Crippen molar-refractivity contribution in [2.24, 2.45) is 0 Å². The quantitative estimate of drug-likeness (QED) is 0.629. The molecule has 78 valence electrons. The number of benzene rings is 1. The standard InChI is InChI=1S/C9H9N.2C2H6/c1-7-6-8-4-2-3-5-9(8)10-7;2*1-2/h2-6,10H,1H3;2*1-2H3. The number of aromatic amines is 1.